The Kier molecular flexibility index (Phi) is 5.36. The number of benzene rings is 1. The molecule has 0 atom stereocenters. The molecule has 1 aromatic rings. The van der Waals surface area contributed by atoms with Gasteiger partial charge in [-0.25, -0.2) is 4.79 Å². The second-order valence-electron chi connectivity index (χ2n) is 4.43. The first-order valence-corrected chi connectivity index (χ1v) is 6.25. The largest absolute Gasteiger partial charge is 0.481 e. The van der Waals surface area contributed by atoms with Crippen LogP contribution in [0.3, 0.4) is 0 Å². The lowest BCUT2D eigenvalue weighted by Gasteiger charge is -2.24. The Morgan fingerprint density at radius 1 is 1.16 bits per heavy atom. The van der Waals surface area contributed by atoms with Crippen molar-refractivity contribution in [2.45, 2.75) is 19.8 Å². The molecule has 0 saturated carbocycles. The Hall–Kier alpha value is -2.04. The number of carboxylic acid groups (broad SMARTS) is 1. The molecule has 0 heterocycles. The van der Waals surface area contributed by atoms with Gasteiger partial charge in [-0.1, -0.05) is 19.1 Å². The lowest BCUT2D eigenvalue weighted by molar-refractivity contribution is -0.137. The molecule has 2 amide bonds. The summed E-state index contributed by atoms with van der Waals surface area (Å²) in [7, 11) is 3.28. The Labute approximate surface area is 113 Å². The van der Waals surface area contributed by atoms with E-state index in [0.29, 0.717) is 0 Å². The molecule has 5 nitrogen and oxygen atoms in total. The molecule has 1 rings (SSSR count). The first-order valence-electron chi connectivity index (χ1n) is 6.25. The van der Waals surface area contributed by atoms with Gasteiger partial charge in [0.2, 0.25) is 0 Å². The first-order chi connectivity index (χ1) is 8.95. The van der Waals surface area contributed by atoms with Crippen LogP contribution in [-0.2, 0) is 11.2 Å². The van der Waals surface area contributed by atoms with Crippen LogP contribution in [0.4, 0.5) is 10.5 Å². The number of carboxylic acids is 1. The molecule has 104 valence electrons. The average molecular weight is 264 g/mol. The number of urea groups is 1. The highest BCUT2D eigenvalue weighted by atomic mass is 16.4. The molecule has 1 N–H and O–H groups in total. The van der Waals surface area contributed by atoms with Crippen LogP contribution in [0.15, 0.2) is 24.3 Å². The monoisotopic (exact) mass is 264 g/mol. The number of aryl methyl sites for hydroxylation is 1. The maximum atomic E-state index is 12.1. The van der Waals surface area contributed by atoms with E-state index in [0.717, 1.165) is 12.1 Å². The van der Waals surface area contributed by atoms with Crippen molar-refractivity contribution in [2.75, 3.05) is 25.5 Å². The number of carbonyl (C=O) groups is 2. The van der Waals surface area contributed by atoms with Gasteiger partial charge in [0.05, 0.1) is 6.42 Å². The van der Waals surface area contributed by atoms with Crippen LogP contribution in [0.5, 0.6) is 0 Å². The summed E-state index contributed by atoms with van der Waals surface area (Å²) in [5.74, 6) is -0.908. The zero-order valence-electron chi connectivity index (χ0n) is 11.6. The second-order valence-corrected chi connectivity index (χ2v) is 4.43. The number of hydrogen-bond donors (Lipinski definition) is 1. The van der Waals surface area contributed by atoms with Gasteiger partial charge in [0.1, 0.15) is 0 Å². The number of hydrogen-bond acceptors (Lipinski definition) is 2. The fraction of sp³-hybridized carbons (Fsp3) is 0.429. The minimum atomic E-state index is -0.908. The van der Waals surface area contributed by atoms with Gasteiger partial charge in [-0.15, -0.1) is 0 Å². The quantitative estimate of drug-likeness (QED) is 0.887. The topological polar surface area (TPSA) is 60.9 Å². The molecule has 0 aromatic heterocycles. The summed E-state index contributed by atoms with van der Waals surface area (Å²) < 4.78 is 0. The molecular weight excluding hydrogens is 244 g/mol. The lowest BCUT2D eigenvalue weighted by Crippen LogP contribution is -2.39. The molecule has 19 heavy (non-hydrogen) atoms. The molecule has 0 aliphatic rings. The van der Waals surface area contributed by atoms with Crippen LogP contribution in [0.1, 0.15) is 18.9 Å². The van der Waals surface area contributed by atoms with Crippen LogP contribution in [0.2, 0.25) is 0 Å². The van der Waals surface area contributed by atoms with E-state index in [1.807, 2.05) is 24.3 Å². The van der Waals surface area contributed by atoms with Gasteiger partial charge < -0.3 is 10.0 Å². The molecule has 0 saturated heterocycles. The summed E-state index contributed by atoms with van der Waals surface area (Å²) in [5.41, 5.74) is 2.01. The molecule has 0 aliphatic heterocycles. The summed E-state index contributed by atoms with van der Waals surface area (Å²) in [6.45, 7) is 2.27. The molecule has 0 spiro atoms. The van der Waals surface area contributed by atoms with E-state index >= 15 is 0 Å². The Balaban J connectivity index is 2.66. The third-order valence-corrected chi connectivity index (χ3v) is 3.01. The van der Waals surface area contributed by atoms with E-state index in [2.05, 4.69) is 6.92 Å². The van der Waals surface area contributed by atoms with Crippen molar-refractivity contribution in [3.8, 4) is 0 Å². The van der Waals surface area contributed by atoms with Gasteiger partial charge in [0.25, 0.3) is 0 Å². The summed E-state index contributed by atoms with van der Waals surface area (Å²) in [5, 5.41) is 8.61. The van der Waals surface area contributed by atoms with Crippen molar-refractivity contribution in [3.05, 3.63) is 29.8 Å². The molecule has 1 aromatic carbocycles. The molecule has 5 heteroatoms. The van der Waals surface area contributed by atoms with Crippen LogP contribution in [0, 0.1) is 0 Å². The van der Waals surface area contributed by atoms with Gasteiger partial charge in [-0.2, -0.15) is 0 Å². The normalized spacial score (nSPS) is 10.1. The standard InChI is InChI=1S/C14H20N2O3/c1-4-11-5-7-12(8-6-11)16(3)14(19)15(2)10-9-13(17)18/h5-8H,4,9-10H2,1-3H3,(H,17,18). The highest BCUT2D eigenvalue weighted by Gasteiger charge is 2.16. The van der Waals surface area contributed by atoms with Crippen molar-refractivity contribution in [1.82, 2.24) is 4.90 Å². The molecule has 0 unspecified atom stereocenters. The van der Waals surface area contributed by atoms with E-state index in [9.17, 15) is 9.59 Å². The van der Waals surface area contributed by atoms with E-state index in [1.165, 1.54) is 15.4 Å². The molecule has 0 bridgehead atoms. The average Bonchev–Trinajstić information content (AvgIpc) is 2.43. The third kappa shape index (κ3) is 4.28. The number of carbonyl (C=O) groups excluding carboxylic acids is 1. The smallest absolute Gasteiger partial charge is 0.323 e. The first kappa shape index (κ1) is 15.0. The van der Waals surface area contributed by atoms with Crippen molar-refractivity contribution < 1.29 is 14.7 Å². The third-order valence-electron chi connectivity index (χ3n) is 3.01. The predicted molar refractivity (Wildman–Crippen MR) is 74.5 cm³/mol. The van der Waals surface area contributed by atoms with E-state index in [-0.39, 0.29) is 19.0 Å². The minimum absolute atomic E-state index is 0.0507. The molecule has 0 radical (unpaired) electrons. The maximum Gasteiger partial charge on any atom is 0.323 e. The number of rotatable bonds is 5. The lowest BCUT2D eigenvalue weighted by atomic mass is 10.1. The second kappa shape index (κ2) is 6.78. The van der Waals surface area contributed by atoms with Gasteiger partial charge in [0, 0.05) is 26.3 Å². The number of nitrogens with zero attached hydrogens (tertiary/aromatic N) is 2. The van der Waals surface area contributed by atoms with E-state index in [1.54, 1.807) is 14.1 Å². The van der Waals surface area contributed by atoms with Crippen LogP contribution in [0.25, 0.3) is 0 Å². The van der Waals surface area contributed by atoms with Gasteiger partial charge in [-0.3, -0.25) is 9.69 Å². The van der Waals surface area contributed by atoms with Crippen molar-refractivity contribution in [1.29, 1.82) is 0 Å². The van der Waals surface area contributed by atoms with E-state index < -0.39 is 5.97 Å². The Morgan fingerprint density at radius 2 is 1.74 bits per heavy atom. The zero-order valence-corrected chi connectivity index (χ0v) is 11.6. The fourth-order valence-electron chi connectivity index (χ4n) is 1.68. The Morgan fingerprint density at radius 3 is 2.21 bits per heavy atom. The van der Waals surface area contributed by atoms with Crippen LogP contribution in [-0.4, -0.2) is 42.6 Å². The SMILES string of the molecule is CCc1ccc(N(C)C(=O)N(C)CCC(=O)O)cc1. The molecular formula is C14H20N2O3. The van der Waals surface area contributed by atoms with Crippen LogP contribution < -0.4 is 4.90 Å². The van der Waals surface area contributed by atoms with Crippen molar-refractivity contribution in [2.24, 2.45) is 0 Å². The molecule has 0 aliphatic carbocycles. The van der Waals surface area contributed by atoms with Crippen molar-refractivity contribution in [3.63, 3.8) is 0 Å². The number of amides is 2. The van der Waals surface area contributed by atoms with E-state index in [4.69, 9.17) is 5.11 Å². The zero-order chi connectivity index (χ0) is 14.4. The van der Waals surface area contributed by atoms with Crippen LogP contribution >= 0.6 is 0 Å². The summed E-state index contributed by atoms with van der Waals surface area (Å²) >= 11 is 0. The summed E-state index contributed by atoms with van der Waals surface area (Å²) in [6, 6.07) is 7.53. The number of aliphatic carboxylic acids is 1. The number of anilines is 1. The summed E-state index contributed by atoms with van der Waals surface area (Å²) in [4.78, 5) is 25.5. The maximum absolute atomic E-state index is 12.1. The summed E-state index contributed by atoms with van der Waals surface area (Å²) in [6.07, 6.45) is 0.904. The van der Waals surface area contributed by atoms with Gasteiger partial charge in [-0.05, 0) is 24.1 Å². The fourth-order valence-corrected chi connectivity index (χ4v) is 1.68. The molecule has 0 fully saturated rings. The van der Waals surface area contributed by atoms with Crippen molar-refractivity contribution >= 4 is 17.7 Å². The van der Waals surface area contributed by atoms with Gasteiger partial charge in [0.15, 0.2) is 0 Å². The minimum Gasteiger partial charge on any atom is -0.481 e. The Bertz CT molecular complexity index is 443. The predicted octanol–water partition coefficient (Wildman–Crippen LogP) is 2.21. The van der Waals surface area contributed by atoms with Gasteiger partial charge >= 0.3 is 12.0 Å². The highest BCUT2D eigenvalue weighted by molar-refractivity contribution is 5.91. The highest BCUT2D eigenvalue weighted by Crippen LogP contribution is 2.15.